The number of rotatable bonds is 7. The number of nitrogens with zero attached hydrogens (tertiary/aromatic N) is 2. The molecule has 1 amide bonds. The van der Waals surface area contributed by atoms with Gasteiger partial charge < -0.3 is 19.6 Å². The summed E-state index contributed by atoms with van der Waals surface area (Å²) < 4.78 is 5.17. The van der Waals surface area contributed by atoms with Crippen molar-refractivity contribution in [3.05, 3.63) is 45.6 Å². The number of aryl methyl sites for hydroxylation is 1. The molecule has 0 spiro atoms. The van der Waals surface area contributed by atoms with Crippen molar-refractivity contribution in [2.75, 3.05) is 34.3 Å². The van der Waals surface area contributed by atoms with E-state index in [2.05, 4.69) is 6.07 Å². The van der Waals surface area contributed by atoms with Gasteiger partial charge in [-0.15, -0.1) is 11.3 Å². The Morgan fingerprint density at radius 2 is 2.00 bits per heavy atom. The van der Waals surface area contributed by atoms with Gasteiger partial charge in [0.2, 0.25) is 0 Å². The molecule has 6 heteroatoms. The summed E-state index contributed by atoms with van der Waals surface area (Å²) in [5, 5.41) is 12.1. The van der Waals surface area contributed by atoms with Crippen LogP contribution in [-0.4, -0.2) is 55.1 Å². The number of ether oxygens (including phenoxy) is 1. The standard InChI is InChI=1S/C18H24N2O3S/c1-13-7-10-24-17(13)12-20(9-8-19(2)3)18(22)15-11-14(23-4)5-6-16(15)21/h5-7,10-11,21H,8-9,12H2,1-4H3. The van der Waals surface area contributed by atoms with Crippen molar-refractivity contribution in [1.82, 2.24) is 9.80 Å². The minimum Gasteiger partial charge on any atom is -0.507 e. The van der Waals surface area contributed by atoms with E-state index in [4.69, 9.17) is 4.74 Å². The van der Waals surface area contributed by atoms with Gasteiger partial charge in [0.15, 0.2) is 0 Å². The van der Waals surface area contributed by atoms with Crippen LogP contribution in [0.15, 0.2) is 29.6 Å². The molecule has 1 heterocycles. The molecule has 0 saturated heterocycles. The molecule has 1 aromatic carbocycles. The van der Waals surface area contributed by atoms with Crippen molar-refractivity contribution in [1.29, 1.82) is 0 Å². The van der Waals surface area contributed by atoms with Crippen LogP contribution < -0.4 is 4.74 Å². The first-order valence-corrected chi connectivity index (χ1v) is 8.64. The number of methoxy groups -OCH3 is 1. The molecule has 5 nitrogen and oxygen atoms in total. The summed E-state index contributed by atoms with van der Waals surface area (Å²) in [5.74, 6) is 0.329. The monoisotopic (exact) mass is 348 g/mol. The van der Waals surface area contributed by atoms with Crippen LogP contribution in [0.4, 0.5) is 0 Å². The van der Waals surface area contributed by atoms with Crippen molar-refractivity contribution < 1.29 is 14.6 Å². The highest BCUT2D eigenvalue weighted by Crippen LogP contribution is 2.26. The molecule has 130 valence electrons. The van der Waals surface area contributed by atoms with Gasteiger partial charge in [-0.2, -0.15) is 0 Å². The minimum absolute atomic E-state index is 0.0291. The highest BCUT2D eigenvalue weighted by Gasteiger charge is 2.21. The molecule has 0 bridgehead atoms. The van der Waals surface area contributed by atoms with E-state index in [0.717, 1.165) is 11.4 Å². The number of phenols is 1. The normalized spacial score (nSPS) is 10.9. The summed E-state index contributed by atoms with van der Waals surface area (Å²) in [6.07, 6.45) is 0. The number of likely N-dealkylation sites (N-methyl/N-ethyl adjacent to an activating group) is 1. The summed E-state index contributed by atoms with van der Waals surface area (Å²) in [7, 11) is 5.49. The number of amides is 1. The summed E-state index contributed by atoms with van der Waals surface area (Å²) in [4.78, 5) is 17.9. The lowest BCUT2D eigenvalue weighted by molar-refractivity contribution is 0.0730. The Kier molecular flexibility index (Phi) is 6.23. The third-order valence-corrected chi connectivity index (χ3v) is 4.85. The van der Waals surface area contributed by atoms with Gasteiger partial charge in [0.25, 0.3) is 5.91 Å². The van der Waals surface area contributed by atoms with Crippen LogP contribution in [0, 0.1) is 6.92 Å². The Morgan fingerprint density at radius 3 is 2.58 bits per heavy atom. The van der Waals surface area contributed by atoms with Crippen molar-refractivity contribution in [3.8, 4) is 11.5 Å². The maximum atomic E-state index is 13.0. The number of carbonyl (C=O) groups excluding carboxylic acids is 1. The molecule has 0 atom stereocenters. The quantitative estimate of drug-likeness (QED) is 0.836. The first-order valence-electron chi connectivity index (χ1n) is 7.76. The van der Waals surface area contributed by atoms with Crippen LogP contribution in [0.25, 0.3) is 0 Å². The fraction of sp³-hybridized carbons (Fsp3) is 0.389. The molecule has 1 N–H and O–H groups in total. The minimum atomic E-state index is -0.193. The lowest BCUT2D eigenvalue weighted by Gasteiger charge is -2.25. The van der Waals surface area contributed by atoms with E-state index in [-0.39, 0.29) is 17.2 Å². The van der Waals surface area contributed by atoms with Gasteiger partial charge in [0, 0.05) is 18.0 Å². The fourth-order valence-corrected chi connectivity index (χ4v) is 3.22. The predicted octanol–water partition coefficient (Wildman–Crippen LogP) is 2.97. The van der Waals surface area contributed by atoms with Gasteiger partial charge >= 0.3 is 0 Å². The highest BCUT2D eigenvalue weighted by atomic mass is 32.1. The third-order valence-electron chi connectivity index (χ3n) is 3.84. The summed E-state index contributed by atoms with van der Waals surface area (Å²) >= 11 is 1.64. The first kappa shape index (κ1) is 18.3. The molecule has 0 radical (unpaired) electrons. The van der Waals surface area contributed by atoms with Crippen molar-refractivity contribution in [2.45, 2.75) is 13.5 Å². The van der Waals surface area contributed by atoms with Crippen molar-refractivity contribution in [3.63, 3.8) is 0 Å². The SMILES string of the molecule is COc1ccc(O)c(C(=O)N(CCN(C)C)Cc2sccc2C)c1. The number of phenolic OH excluding ortho intramolecular Hbond substituents is 1. The highest BCUT2D eigenvalue weighted by molar-refractivity contribution is 7.10. The summed E-state index contributed by atoms with van der Waals surface area (Å²) in [6.45, 7) is 3.91. The van der Waals surface area contributed by atoms with E-state index in [0.29, 0.717) is 18.8 Å². The van der Waals surface area contributed by atoms with Crippen LogP contribution in [0.5, 0.6) is 11.5 Å². The number of benzene rings is 1. The smallest absolute Gasteiger partial charge is 0.258 e. The number of aromatic hydroxyl groups is 1. The second-order valence-electron chi connectivity index (χ2n) is 5.94. The van der Waals surface area contributed by atoms with Gasteiger partial charge in [-0.1, -0.05) is 0 Å². The Bertz CT molecular complexity index is 697. The lowest BCUT2D eigenvalue weighted by atomic mass is 10.1. The molecule has 0 saturated carbocycles. The Hall–Kier alpha value is -2.05. The zero-order valence-electron chi connectivity index (χ0n) is 14.6. The van der Waals surface area contributed by atoms with E-state index < -0.39 is 0 Å². The first-order chi connectivity index (χ1) is 11.4. The summed E-state index contributed by atoms with van der Waals surface area (Å²) in [6, 6.07) is 6.77. The molecule has 1 aromatic heterocycles. The van der Waals surface area contributed by atoms with Gasteiger partial charge in [-0.05, 0) is 56.2 Å². The number of hydrogen-bond acceptors (Lipinski definition) is 5. The predicted molar refractivity (Wildman–Crippen MR) is 97.0 cm³/mol. The average Bonchev–Trinajstić information content (AvgIpc) is 2.96. The van der Waals surface area contributed by atoms with Gasteiger partial charge in [-0.3, -0.25) is 4.79 Å². The van der Waals surface area contributed by atoms with Crippen molar-refractivity contribution >= 4 is 17.2 Å². The van der Waals surface area contributed by atoms with Crippen LogP contribution in [0.2, 0.25) is 0 Å². The fourth-order valence-electron chi connectivity index (χ4n) is 2.30. The molecular weight excluding hydrogens is 324 g/mol. The largest absolute Gasteiger partial charge is 0.507 e. The Morgan fingerprint density at radius 1 is 1.25 bits per heavy atom. The Balaban J connectivity index is 2.28. The zero-order valence-corrected chi connectivity index (χ0v) is 15.4. The topological polar surface area (TPSA) is 53.0 Å². The van der Waals surface area contributed by atoms with E-state index >= 15 is 0 Å². The lowest BCUT2D eigenvalue weighted by Crippen LogP contribution is -2.36. The molecule has 2 aromatic rings. The number of carbonyl (C=O) groups is 1. The van der Waals surface area contributed by atoms with E-state index in [1.54, 1.807) is 35.5 Å². The second kappa shape index (κ2) is 8.17. The molecular formula is C18H24N2O3S. The van der Waals surface area contributed by atoms with Crippen LogP contribution in [0.1, 0.15) is 20.8 Å². The van der Waals surface area contributed by atoms with Crippen LogP contribution in [-0.2, 0) is 6.54 Å². The van der Waals surface area contributed by atoms with Crippen molar-refractivity contribution in [2.24, 2.45) is 0 Å². The molecule has 0 aliphatic rings. The molecule has 2 rings (SSSR count). The Labute approximate surface area is 147 Å². The summed E-state index contributed by atoms with van der Waals surface area (Å²) in [5.41, 5.74) is 1.44. The molecule has 24 heavy (non-hydrogen) atoms. The molecule has 0 fully saturated rings. The second-order valence-corrected chi connectivity index (χ2v) is 6.94. The maximum Gasteiger partial charge on any atom is 0.258 e. The third kappa shape index (κ3) is 4.49. The maximum absolute atomic E-state index is 13.0. The van der Waals surface area contributed by atoms with Crippen LogP contribution in [0.3, 0.4) is 0 Å². The van der Waals surface area contributed by atoms with E-state index in [1.807, 2.05) is 31.3 Å². The molecule has 0 aliphatic carbocycles. The average molecular weight is 348 g/mol. The molecule has 0 unspecified atom stereocenters. The van der Waals surface area contributed by atoms with Crippen LogP contribution >= 0.6 is 11.3 Å². The van der Waals surface area contributed by atoms with E-state index in [9.17, 15) is 9.90 Å². The number of hydrogen-bond donors (Lipinski definition) is 1. The van der Waals surface area contributed by atoms with Gasteiger partial charge in [0.1, 0.15) is 11.5 Å². The van der Waals surface area contributed by atoms with Gasteiger partial charge in [0.05, 0.1) is 19.2 Å². The molecule has 0 aliphatic heterocycles. The van der Waals surface area contributed by atoms with Gasteiger partial charge in [-0.25, -0.2) is 0 Å². The number of thiophene rings is 1. The van der Waals surface area contributed by atoms with E-state index in [1.165, 1.54) is 11.6 Å². The zero-order chi connectivity index (χ0) is 17.7.